The van der Waals surface area contributed by atoms with Crippen molar-refractivity contribution in [1.82, 2.24) is 0 Å². The van der Waals surface area contributed by atoms with E-state index in [1.165, 1.54) is 64.2 Å². The van der Waals surface area contributed by atoms with E-state index in [0.29, 0.717) is 0 Å². The van der Waals surface area contributed by atoms with E-state index in [0.717, 1.165) is 5.88 Å². The third-order valence-corrected chi connectivity index (χ3v) is 4.35. The lowest BCUT2D eigenvalue weighted by Gasteiger charge is -2.06. The molecule has 4 N–H and O–H groups in total. The van der Waals surface area contributed by atoms with E-state index >= 15 is 0 Å². The molecule has 0 aliphatic carbocycles. The topological polar surface area (TPSA) is 115 Å². The van der Waals surface area contributed by atoms with Crippen LogP contribution in [-0.2, 0) is 9.59 Å². The van der Waals surface area contributed by atoms with Crippen LogP contribution in [0.15, 0.2) is 0 Å². The van der Waals surface area contributed by atoms with Crippen LogP contribution in [0.1, 0.15) is 71.1 Å². The van der Waals surface area contributed by atoms with E-state index < -0.39 is 22.8 Å². The van der Waals surface area contributed by atoms with Crippen molar-refractivity contribution >= 4 is 35.3 Å². The molecule has 0 heterocycles. The Morgan fingerprint density at radius 3 is 1.42 bits per heavy atom. The molecule has 2 atom stereocenters. The Hall–Kier alpha value is -0.500. The molecule has 0 aromatic rings. The van der Waals surface area contributed by atoms with Crippen molar-refractivity contribution in [3.63, 3.8) is 0 Å². The molecule has 0 saturated carbocycles. The zero-order chi connectivity index (χ0) is 18.8. The van der Waals surface area contributed by atoms with Gasteiger partial charge in [0.15, 0.2) is 0 Å². The van der Waals surface area contributed by atoms with E-state index in [1.54, 1.807) is 0 Å². The minimum atomic E-state index is -1.92. The molecule has 0 radical (unpaired) electrons. The number of aliphatic hydroxyl groups is 2. The summed E-state index contributed by atoms with van der Waals surface area (Å²) in [5.74, 6) is -2.33. The van der Waals surface area contributed by atoms with Crippen molar-refractivity contribution in [2.24, 2.45) is 0 Å². The Balaban J connectivity index is 0. The summed E-state index contributed by atoms with van der Waals surface area (Å²) in [7, 11) is 0. The third kappa shape index (κ3) is 19.5. The van der Waals surface area contributed by atoms with Gasteiger partial charge in [0.25, 0.3) is 0 Å². The van der Waals surface area contributed by atoms with Crippen molar-refractivity contribution in [2.45, 2.75) is 82.0 Å². The predicted octanol–water partition coefficient (Wildman–Crippen LogP) is 3.67. The lowest BCUT2D eigenvalue weighted by atomic mass is 10.1. The maximum atomic E-state index is 9.88. The van der Waals surface area contributed by atoms with Crippen molar-refractivity contribution in [3.8, 4) is 0 Å². The Kier molecular flexibility index (Phi) is 20.2. The highest BCUT2D eigenvalue weighted by Crippen LogP contribution is 2.13. The first-order valence-electron chi connectivity index (χ1n) is 8.39. The molecule has 0 aromatic carbocycles. The van der Waals surface area contributed by atoms with Gasteiger partial charge in [-0.3, -0.25) is 0 Å². The molecule has 2 unspecified atom stereocenters. The van der Waals surface area contributed by atoms with Gasteiger partial charge in [0.05, 0.1) is 0 Å². The fraction of sp³-hybridized carbons (Fsp3) is 0.875. The second-order valence-electron chi connectivity index (χ2n) is 5.39. The zero-order valence-corrected chi connectivity index (χ0v) is 15.9. The van der Waals surface area contributed by atoms with Crippen LogP contribution in [0.25, 0.3) is 0 Å². The fourth-order valence-corrected chi connectivity index (χ4v) is 2.49. The van der Waals surface area contributed by atoms with Gasteiger partial charge in [0.1, 0.15) is 0 Å². The highest BCUT2D eigenvalue weighted by molar-refractivity contribution is 8.01. The van der Waals surface area contributed by atoms with E-state index in [4.69, 9.17) is 32.0 Å². The average molecular weight is 387 g/mol. The van der Waals surface area contributed by atoms with Gasteiger partial charge in [-0.2, -0.15) is 0 Å². The van der Waals surface area contributed by atoms with Gasteiger partial charge >= 0.3 is 11.9 Å². The van der Waals surface area contributed by atoms with Crippen molar-refractivity contribution < 1.29 is 30.0 Å². The van der Waals surface area contributed by atoms with Gasteiger partial charge in [0, 0.05) is 5.88 Å². The number of rotatable bonds is 14. The van der Waals surface area contributed by atoms with E-state index in [9.17, 15) is 9.59 Å². The number of thioether (sulfide) groups is 1. The Bertz CT molecular complexity index is 289. The number of aliphatic carboxylic acids is 2. The summed E-state index contributed by atoms with van der Waals surface area (Å²) in [5.41, 5.74) is -3.83. The number of aliphatic hydroxyl groups excluding tert-OH is 2. The predicted molar refractivity (Wildman–Crippen MR) is 97.4 cm³/mol. The minimum Gasteiger partial charge on any atom is -0.479 e. The summed E-state index contributed by atoms with van der Waals surface area (Å²) in [4.78, 5) is 19.8. The molecule has 24 heavy (non-hydrogen) atoms. The van der Waals surface area contributed by atoms with Crippen LogP contribution < -0.4 is 0 Å². The SMILES string of the molecule is CCCCCCCCCCCCCl.O=C(O)C(O)SC(O)C(=O)O. The highest BCUT2D eigenvalue weighted by atomic mass is 35.5. The number of carboxylic acid groups (broad SMARTS) is 2. The fourth-order valence-electron chi connectivity index (χ4n) is 1.82. The Morgan fingerprint density at radius 1 is 0.792 bits per heavy atom. The van der Waals surface area contributed by atoms with Crippen LogP contribution in [0.3, 0.4) is 0 Å². The molecule has 0 bridgehead atoms. The van der Waals surface area contributed by atoms with E-state index in [2.05, 4.69) is 6.92 Å². The van der Waals surface area contributed by atoms with Gasteiger partial charge in [-0.1, -0.05) is 76.5 Å². The first-order chi connectivity index (χ1) is 11.4. The molecule has 0 amide bonds. The van der Waals surface area contributed by atoms with Gasteiger partial charge < -0.3 is 20.4 Å². The summed E-state index contributed by atoms with van der Waals surface area (Å²) in [6.07, 6.45) is 13.9. The number of carbonyl (C=O) groups is 2. The monoisotopic (exact) mass is 386 g/mol. The summed E-state index contributed by atoms with van der Waals surface area (Å²) < 4.78 is 0. The Labute approximate surface area is 153 Å². The molecule has 6 nitrogen and oxygen atoms in total. The number of alkyl halides is 1. The number of unbranched alkanes of at least 4 members (excludes halogenated alkanes) is 9. The quantitative estimate of drug-likeness (QED) is 0.204. The molecule has 0 aliphatic heterocycles. The molecule has 0 aromatic heterocycles. The van der Waals surface area contributed by atoms with Gasteiger partial charge in [-0.05, 0) is 6.42 Å². The van der Waals surface area contributed by atoms with Crippen LogP contribution in [0.5, 0.6) is 0 Å². The number of hydrogen-bond donors (Lipinski definition) is 4. The van der Waals surface area contributed by atoms with Crippen molar-refractivity contribution in [1.29, 1.82) is 0 Å². The molecule has 144 valence electrons. The average Bonchev–Trinajstić information content (AvgIpc) is 2.53. The lowest BCUT2D eigenvalue weighted by Crippen LogP contribution is -2.24. The summed E-state index contributed by atoms with van der Waals surface area (Å²) in [6, 6.07) is 0. The zero-order valence-electron chi connectivity index (χ0n) is 14.3. The highest BCUT2D eigenvalue weighted by Gasteiger charge is 2.23. The second-order valence-corrected chi connectivity index (χ2v) is 6.93. The first-order valence-corrected chi connectivity index (χ1v) is 9.87. The summed E-state index contributed by atoms with van der Waals surface area (Å²) in [5, 5.41) is 33.0. The molecule has 0 fully saturated rings. The van der Waals surface area contributed by atoms with Gasteiger partial charge in [-0.25, -0.2) is 9.59 Å². The number of halogens is 1. The smallest absolute Gasteiger partial charge is 0.343 e. The van der Waals surface area contributed by atoms with Gasteiger partial charge in [0.2, 0.25) is 10.9 Å². The number of hydrogen-bond acceptors (Lipinski definition) is 5. The maximum absolute atomic E-state index is 9.88. The van der Waals surface area contributed by atoms with Crippen molar-refractivity contribution in [3.05, 3.63) is 0 Å². The molecule has 0 spiro atoms. The lowest BCUT2D eigenvalue weighted by molar-refractivity contribution is -0.142. The van der Waals surface area contributed by atoms with Gasteiger partial charge in [-0.15, -0.1) is 11.6 Å². The van der Waals surface area contributed by atoms with E-state index in [1.807, 2.05) is 0 Å². The number of carboxylic acids is 2. The normalized spacial score (nSPS) is 12.8. The Morgan fingerprint density at radius 2 is 1.12 bits per heavy atom. The molecule has 0 aliphatic rings. The summed E-state index contributed by atoms with van der Waals surface area (Å²) >= 11 is 5.63. The van der Waals surface area contributed by atoms with Crippen LogP contribution in [0, 0.1) is 0 Å². The molecule has 0 rings (SSSR count). The first kappa shape index (κ1) is 25.7. The maximum Gasteiger partial charge on any atom is 0.343 e. The molecule has 0 saturated heterocycles. The van der Waals surface area contributed by atoms with E-state index in [-0.39, 0.29) is 11.8 Å². The van der Waals surface area contributed by atoms with Crippen molar-refractivity contribution in [2.75, 3.05) is 5.88 Å². The van der Waals surface area contributed by atoms with Crippen LogP contribution in [0.4, 0.5) is 0 Å². The molecule has 8 heteroatoms. The second kappa shape index (κ2) is 18.8. The van der Waals surface area contributed by atoms with Crippen LogP contribution in [-0.4, -0.2) is 49.1 Å². The van der Waals surface area contributed by atoms with Crippen LogP contribution >= 0.6 is 23.4 Å². The molecular weight excluding hydrogens is 356 g/mol. The minimum absolute atomic E-state index is 0.0278. The largest absolute Gasteiger partial charge is 0.479 e. The summed E-state index contributed by atoms with van der Waals surface area (Å²) in [6.45, 7) is 2.27. The standard InChI is InChI=1S/C12H25Cl.C4H6O6S/c1-2-3-4-5-6-7-8-9-10-11-12-13;5-1(6)3(9)11-4(10)2(7)8/h2-12H2,1H3;3-4,9-10H,(H,5,6)(H,7,8). The van der Waals surface area contributed by atoms with Crippen LogP contribution in [0.2, 0.25) is 0 Å². The third-order valence-electron chi connectivity index (χ3n) is 3.17. The molecular formula is C16H31ClO6S.